The zero-order valence-electron chi connectivity index (χ0n) is 13.8. The van der Waals surface area contributed by atoms with E-state index >= 15 is 0 Å². The molecule has 5 heteroatoms. The standard InChI is InChI=1S/C17H24N4O/c1-10(2)7-8-18-17(22)13-9-14(12-5-6-12)19-16-15(13)11(3)20-21(16)4/h9-10,12H,5-8H2,1-4H3,(H,18,22). The Morgan fingerprint density at radius 2 is 2.18 bits per heavy atom. The number of nitrogens with zero attached hydrogens (tertiary/aromatic N) is 3. The minimum Gasteiger partial charge on any atom is -0.352 e. The predicted molar refractivity (Wildman–Crippen MR) is 87.0 cm³/mol. The molecule has 0 unspecified atom stereocenters. The summed E-state index contributed by atoms with van der Waals surface area (Å²) in [6.07, 6.45) is 3.33. The van der Waals surface area contributed by atoms with Crippen LogP contribution in [0.1, 0.15) is 60.8 Å². The first kappa shape index (κ1) is 15.0. The van der Waals surface area contributed by atoms with E-state index in [1.165, 1.54) is 12.8 Å². The third-order valence-corrected chi connectivity index (χ3v) is 4.24. The van der Waals surface area contributed by atoms with Crippen LogP contribution in [0.25, 0.3) is 11.0 Å². The molecule has 1 aliphatic rings. The molecule has 1 N–H and O–H groups in total. The van der Waals surface area contributed by atoms with Gasteiger partial charge in [0.1, 0.15) is 0 Å². The average molecular weight is 300 g/mol. The van der Waals surface area contributed by atoms with Crippen LogP contribution < -0.4 is 5.32 Å². The lowest BCUT2D eigenvalue weighted by atomic mass is 10.1. The summed E-state index contributed by atoms with van der Waals surface area (Å²) in [4.78, 5) is 17.4. The maximum atomic E-state index is 12.6. The zero-order chi connectivity index (χ0) is 15.9. The molecule has 0 spiro atoms. The number of hydrogen-bond donors (Lipinski definition) is 1. The van der Waals surface area contributed by atoms with Crippen molar-refractivity contribution in [1.82, 2.24) is 20.1 Å². The number of amides is 1. The van der Waals surface area contributed by atoms with E-state index in [4.69, 9.17) is 4.98 Å². The Balaban J connectivity index is 1.97. The van der Waals surface area contributed by atoms with Gasteiger partial charge in [-0.05, 0) is 38.2 Å². The molecular formula is C17H24N4O. The molecule has 0 aromatic carbocycles. The van der Waals surface area contributed by atoms with Crippen molar-refractivity contribution < 1.29 is 4.79 Å². The van der Waals surface area contributed by atoms with E-state index in [2.05, 4.69) is 24.3 Å². The van der Waals surface area contributed by atoms with Crippen LogP contribution >= 0.6 is 0 Å². The van der Waals surface area contributed by atoms with Crippen molar-refractivity contribution in [2.24, 2.45) is 13.0 Å². The molecule has 2 aromatic heterocycles. The maximum absolute atomic E-state index is 12.6. The van der Waals surface area contributed by atoms with E-state index < -0.39 is 0 Å². The summed E-state index contributed by atoms with van der Waals surface area (Å²) in [6, 6.07) is 1.97. The first-order valence-corrected chi connectivity index (χ1v) is 8.09. The van der Waals surface area contributed by atoms with Crippen molar-refractivity contribution in [1.29, 1.82) is 0 Å². The van der Waals surface area contributed by atoms with Gasteiger partial charge in [-0.25, -0.2) is 4.98 Å². The molecule has 0 bridgehead atoms. The van der Waals surface area contributed by atoms with Gasteiger partial charge in [0, 0.05) is 25.2 Å². The molecule has 1 fully saturated rings. The van der Waals surface area contributed by atoms with Crippen molar-refractivity contribution in [3.05, 3.63) is 23.0 Å². The van der Waals surface area contributed by atoms with Gasteiger partial charge in [0.25, 0.3) is 5.91 Å². The van der Waals surface area contributed by atoms with Crippen LogP contribution in [0.4, 0.5) is 0 Å². The third kappa shape index (κ3) is 2.85. The average Bonchev–Trinajstić information content (AvgIpc) is 3.25. The summed E-state index contributed by atoms with van der Waals surface area (Å²) in [5.41, 5.74) is 3.43. The van der Waals surface area contributed by atoms with Gasteiger partial charge in [-0.2, -0.15) is 5.10 Å². The molecule has 3 rings (SSSR count). The normalized spacial score (nSPS) is 14.8. The van der Waals surface area contributed by atoms with Gasteiger partial charge in [0.2, 0.25) is 0 Å². The Morgan fingerprint density at radius 1 is 1.45 bits per heavy atom. The number of aryl methyl sites for hydroxylation is 2. The molecule has 1 saturated carbocycles. The minimum atomic E-state index is -0.00829. The molecule has 0 atom stereocenters. The number of hydrogen-bond acceptors (Lipinski definition) is 3. The molecular weight excluding hydrogens is 276 g/mol. The van der Waals surface area contributed by atoms with Gasteiger partial charge in [-0.1, -0.05) is 13.8 Å². The molecule has 5 nitrogen and oxygen atoms in total. The summed E-state index contributed by atoms with van der Waals surface area (Å²) < 4.78 is 1.78. The van der Waals surface area contributed by atoms with Crippen molar-refractivity contribution in [3.8, 4) is 0 Å². The van der Waals surface area contributed by atoms with Crippen LogP contribution in [0.5, 0.6) is 0 Å². The minimum absolute atomic E-state index is 0.00829. The lowest BCUT2D eigenvalue weighted by molar-refractivity contribution is 0.0953. The molecule has 0 saturated heterocycles. The second-order valence-corrected chi connectivity index (χ2v) is 6.72. The third-order valence-electron chi connectivity index (χ3n) is 4.24. The molecule has 2 aromatic rings. The lowest BCUT2D eigenvalue weighted by Crippen LogP contribution is -2.26. The molecule has 118 valence electrons. The van der Waals surface area contributed by atoms with Crippen LogP contribution in [0.15, 0.2) is 6.07 Å². The number of fused-ring (bicyclic) bond motifs is 1. The van der Waals surface area contributed by atoms with Gasteiger partial charge in [-0.3, -0.25) is 9.48 Å². The van der Waals surface area contributed by atoms with Crippen molar-refractivity contribution >= 4 is 16.9 Å². The number of nitrogens with one attached hydrogen (secondary N) is 1. The summed E-state index contributed by atoms with van der Waals surface area (Å²) in [5.74, 6) is 1.09. The first-order valence-electron chi connectivity index (χ1n) is 8.09. The van der Waals surface area contributed by atoms with Gasteiger partial charge < -0.3 is 5.32 Å². The zero-order valence-corrected chi connectivity index (χ0v) is 13.8. The van der Waals surface area contributed by atoms with Crippen LogP contribution in [-0.4, -0.2) is 27.2 Å². The largest absolute Gasteiger partial charge is 0.352 e. The van der Waals surface area contributed by atoms with E-state index in [-0.39, 0.29) is 5.91 Å². The van der Waals surface area contributed by atoms with E-state index in [0.29, 0.717) is 18.4 Å². The van der Waals surface area contributed by atoms with Crippen LogP contribution in [0, 0.1) is 12.8 Å². The van der Waals surface area contributed by atoms with E-state index in [9.17, 15) is 4.79 Å². The fourth-order valence-corrected chi connectivity index (χ4v) is 2.80. The second kappa shape index (κ2) is 5.71. The van der Waals surface area contributed by atoms with Crippen LogP contribution in [-0.2, 0) is 7.05 Å². The van der Waals surface area contributed by atoms with Crippen molar-refractivity contribution in [2.75, 3.05) is 6.54 Å². The van der Waals surface area contributed by atoms with Crippen molar-refractivity contribution in [3.63, 3.8) is 0 Å². The molecule has 2 heterocycles. The SMILES string of the molecule is Cc1nn(C)c2nc(C3CC3)cc(C(=O)NCCC(C)C)c12. The Hall–Kier alpha value is -1.91. The van der Waals surface area contributed by atoms with E-state index in [1.807, 2.05) is 20.0 Å². The number of aromatic nitrogens is 3. The fraction of sp³-hybridized carbons (Fsp3) is 0.588. The number of carbonyl (C=O) groups is 1. The predicted octanol–water partition coefficient (Wildman–Crippen LogP) is 2.93. The lowest BCUT2D eigenvalue weighted by Gasteiger charge is -2.10. The summed E-state index contributed by atoms with van der Waals surface area (Å²) >= 11 is 0. The van der Waals surface area contributed by atoms with Gasteiger partial charge in [0.05, 0.1) is 16.6 Å². The van der Waals surface area contributed by atoms with Crippen molar-refractivity contribution in [2.45, 2.75) is 46.0 Å². The van der Waals surface area contributed by atoms with Gasteiger partial charge >= 0.3 is 0 Å². The van der Waals surface area contributed by atoms with E-state index in [0.717, 1.165) is 34.4 Å². The fourth-order valence-electron chi connectivity index (χ4n) is 2.80. The molecule has 0 radical (unpaired) electrons. The quantitative estimate of drug-likeness (QED) is 0.923. The Kier molecular flexibility index (Phi) is 3.89. The Bertz CT molecular complexity index is 713. The molecule has 1 amide bonds. The highest BCUT2D eigenvalue weighted by molar-refractivity contribution is 6.06. The Morgan fingerprint density at radius 3 is 2.82 bits per heavy atom. The topological polar surface area (TPSA) is 59.8 Å². The maximum Gasteiger partial charge on any atom is 0.252 e. The smallest absolute Gasteiger partial charge is 0.252 e. The summed E-state index contributed by atoms with van der Waals surface area (Å²) in [7, 11) is 1.89. The number of pyridine rings is 1. The highest BCUT2D eigenvalue weighted by atomic mass is 16.1. The molecule has 1 aliphatic carbocycles. The van der Waals surface area contributed by atoms with Gasteiger partial charge in [0.15, 0.2) is 5.65 Å². The number of carbonyl (C=O) groups excluding carboxylic acids is 1. The number of rotatable bonds is 5. The van der Waals surface area contributed by atoms with Crippen LogP contribution in [0.3, 0.4) is 0 Å². The Labute approximate surface area is 131 Å². The monoisotopic (exact) mass is 300 g/mol. The van der Waals surface area contributed by atoms with Gasteiger partial charge in [-0.15, -0.1) is 0 Å². The summed E-state index contributed by atoms with van der Waals surface area (Å²) in [5, 5.41) is 8.36. The van der Waals surface area contributed by atoms with Crippen LogP contribution in [0.2, 0.25) is 0 Å². The molecule has 0 aliphatic heterocycles. The molecule has 22 heavy (non-hydrogen) atoms. The first-order chi connectivity index (χ1) is 10.5. The second-order valence-electron chi connectivity index (χ2n) is 6.72. The summed E-state index contributed by atoms with van der Waals surface area (Å²) in [6.45, 7) is 6.96. The highest BCUT2D eigenvalue weighted by Gasteiger charge is 2.28. The van der Waals surface area contributed by atoms with E-state index in [1.54, 1.807) is 4.68 Å². The highest BCUT2D eigenvalue weighted by Crippen LogP contribution is 2.40.